The van der Waals surface area contributed by atoms with Crippen LogP contribution >= 0.6 is 11.6 Å². The smallest absolute Gasteiger partial charge is 0.435 e. The van der Waals surface area contributed by atoms with E-state index in [1.807, 2.05) is 24.3 Å². The van der Waals surface area contributed by atoms with Crippen LogP contribution in [0.15, 0.2) is 54.7 Å². The van der Waals surface area contributed by atoms with Gasteiger partial charge in [0.1, 0.15) is 5.78 Å². The topological polar surface area (TPSA) is 78.3 Å². The first-order valence-electron chi connectivity index (χ1n) is 13.7. The van der Waals surface area contributed by atoms with Crippen LogP contribution in [0.4, 0.5) is 13.2 Å². The minimum Gasteiger partial charge on any atom is -0.469 e. The Hall–Kier alpha value is -3.46. The van der Waals surface area contributed by atoms with Gasteiger partial charge in [0.2, 0.25) is 0 Å². The SMILES string of the molecule is COC(=O)CC1CCC(c2ccc(CC(=O)CCCC(=O)c3cn(-c4ccccc4Cl)nc3C(F)(F)F)cc2)CC1. The zero-order valence-corrected chi connectivity index (χ0v) is 23.5. The lowest BCUT2D eigenvalue weighted by Gasteiger charge is -2.28. The molecule has 1 aliphatic carbocycles. The summed E-state index contributed by atoms with van der Waals surface area (Å²) in [5.74, 6) is -0.196. The van der Waals surface area contributed by atoms with Gasteiger partial charge in [-0.2, -0.15) is 18.3 Å². The predicted molar refractivity (Wildman–Crippen MR) is 148 cm³/mol. The van der Waals surface area contributed by atoms with Crippen molar-refractivity contribution < 1.29 is 32.3 Å². The van der Waals surface area contributed by atoms with Crippen molar-refractivity contribution in [2.75, 3.05) is 7.11 Å². The van der Waals surface area contributed by atoms with Crippen LogP contribution in [0.5, 0.6) is 0 Å². The van der Waals surface area contributed by atoms with E-state index in [1.54, 1.807) is 12.1 Å². The molecule has 1 aromatic heterocycles. The van der Waals surface area contributed by atoms with Crippen LogP contribution in [-0.2, 0) is 26.9 Å². The molecule has 41 heavy (non-hydrogen) atoms. The Labute approximate surface area is 241 Å². The molecule has 0 amide bonds. The summed E-state index contributed by atoms with van der Waals surface area (Å²) in [6.07, 6.45) is 0.849. The molecule has 0 saturated heterocycles. The number of rotatable bonds is 11. The van der Waals surface area contributed by atoms with E-state index in [9.17, 15) is 27.6 Å². The average molecular weight is 589 g/mol. The number of benzene rings is 2. The van der Waals surface area contributed by atoms with Crippen molar-refractivity contribution in [3.05, 3.63) is 82.1 Å². The number of Topliss-reactive ketones (excluding diaryl/α,β-unsaturated/α-hetero) is 2. The molecular weight excluding hydrogens is 557 g/mol. The molecule has 0 bridgehead atoms. The van der Waals surface area contributed by atoms with Crippen molar-refractivity contribution in [3.8, 4) is 5.69 Å². The monoisotopic (exact) mass is 588 g/mol. The van der Waals surface area contributed by atoms with E-state index in [0.717, 1.165) is 42.1 Å². The summed E-state index contributed by atoms with van der Waals surface area (Å²) in [6, 6.07) is 14.2. The highest BCUT2D eigenvalue weighted by atomic mass is 35.5. The molecule has 0 N–H and O–H groups in total. The first-order chi connectivity index (χ1) is 19.5. The molecule has 4 rings (SSSR count). The van der Waals surface area contributed by atoms with Gasteiger partial charge in [0, 0.05) is 31.9 Å². The third-order valence-corrected chi connectivity index (χ3v) is 7.94. The van der Waals surface area contributed by atoms with Crippen LogP contribution in [0.3, 0.4) is 0 Å². The maximum atomic E-state index is 13.6. The van der Waals surface area contributed by atoms with Crippen LogP contribution in [0.1, 0.15) is 84.5 Å². The third kappa shape index (κ3) is 8.06. The van der Waals surface area contributed by atoms with Crippen LogP contribution in [-0.4, -0.2) is 34.4 Å². The van der Waals surface area contributed by atoms with Gasteiger partial charge in [-0.3, -0.25) is 14.4 Å². The third-order valence-electron chi connectivity index (χ3n) is 7.62. The summed E-state index contributed by atoms with van der Waals surface area (Å²) in [5, 5.41) is 3.79. The van der Waals surface area contributed by atoms with E-state index in [-0.39, 0.29) is 48.1 Å². The van der Waals surface area contributed by atoms with Crippen molar-refractivity contribution in [2.24, 2.45) is 5.92 Å². The van der Waals surface area contributed by atoms with Crippen LogP contribution < -0.4 is 0 Å². The van der Waals surface area contributed by atoms with Gasteiger partial charge in [0.15, 0.2) is 11.5 Å². The second-order valence-electron chi connectivity index (χ2n) is 10.5. The molecule has 1 fully saturated rings. The van der Waals surface area contributed by atoms with Crippen LogP contribution in [0, 0.1) is 5.92 Å². The number of carbonyl (C=O) groups excluding carboxylic acids is 3. The van der Waals surface area contributed by atoms with Gasteiger partial charge in [-0.15, -0.1) is 0 Å². The Morgan fingerprint density at radius 2 is 1.68 bits per heavy atom. The van der Waals surface area contributed by atoms with Gasteiger partial charge < -0.3 is 4.74 Å². The van der Waals surface area contributed by atoms with E-state index in [2.05, 4.69) is 5.10 Å². The van der Waals surface area contributed by atoms with Gasteiger partial charge in [0.25, 0.3) is 0 Å². The Morgan fingerprint density at radius 1 is 1.00 bits per heavy atom. The highest BCUT2D eigenvalue weighted by molar-refractivity contribution is 6.32. The number of ether oxygens (including phenoxy) is 1. The highest BCUT2D eigenvalue weighted by Gasteiger charge is 2.39. The lowest BCUT2D eigenvalue weighted by molar-refractivity contribution is -0.142. The summed E-state index contributed by atoms with van der Waals surface area (Å²) < 4.78 is 46.6. The summed E-state index contributed by atoms with van der Waals surface area (Å²) in [4.78, 5) is 36.8. The lowest BCUT2D eigenvalue weighted by atomic mass is 9.77. The molecule has 0 atom stereocenters. The maximum absolute atomic E-state index is 13.6. The molecule has 1 saturated carbocycles. The molecule has 218 valence electrons. The fourth-order valence-electron chi connectivity index (χ4n) is 5.37. The quantitative estimate of drug-likeness (QED) is 0.171. The Kier molecular flexibility index (Phi) is 10.0. The molecule has 1 aliphatic rings. The average Bonchev–Trinajstić information content (AvgIpc) is 3.40. The molecular formula is C31H32ClF3N2O4. The van der Waals surface area contributed by atoms with E-state index in [0.29, 0.717) is 18.3 Å². The number of methoxy groups -OCH3 is 1. The number of halogens is 4. The number of esters is 1. The predicted octanol–water partition coefficient (Wildman–Crippen LogP) is 7.55. The van der Waals surface area contributed by atoms with E-state index >= 15 is 0 Å². The molecule has 0 unspecified atom stereocenters. The Bertz CT molecular complexity index is 1380. The van der Waals surface area contributed by atoms with Crippen LogP contribution in [0.25, 0.3) is 5.69 Å². The van der Waals surface area contributed by atoms with Crippen molar-refractivity contribution in [1.29, 1.82) is 0 Å². The Morgan fingerprint density at radius 3 is 2.32 bits per heavy atom. The molecule has 10 heteroatoms. The van der Waals surface area contributed by atoms with Crippen molar-refractivity contribution in [1.82, 2.24) is 9.78 Å². The van der Waals surface area contributed by atoms with Gasteiger partial charge in [0.05, 0.1) is 23.4 Å². The summed E-state index contributed by atoms with van der Waals surface area (Å²) >= 11 is 6.09. The Balaban J connectivity index is 1.28. The maximum Gasteiger partial charge on any atom is 0.435 e. The molecule has 0 radical (unpaired) electrons. The molecule has 3 aromatic rings. The minimum absolute atomic E-state index is 0.0811. The first kappa shape index (κ1) is 30.5. The first-order valence-corrected chi connectivity index (χ1v) is 14.0. The standard InChI is InChI=1S/C31H32ClF3N2O4/c1-41-29(40)18-21-11-15-23(16-12-21)22-13-9-20(10-14-22)17-24(38)5-4-8-28(39)25-19-37(36-30(25)31(33,34)35)27-7-3-2-6-26(27)32/h2-3,6-7,9-10,13-14,19,21,23H,4-5,8,11-12,15-18H2,1H3. The van der Waals surface area contributed by atoms with Crippen molar-refractivity contribution >= 4 is 29.1 Å². The van der Waals surface area contributed by atoms with Gasteiger partial charge in [-0.1, -0.05) is 48.0 Å². The molecule has 6 nitrogen and oxygen atoms in total. The second-order valence-corrected chi connectivity index (χ2v) is 10.9. The normalized spacial score (nSPS) is 17.3. The highest BCUT2D eigenvalue weighted by Crippen LogP contribution is 2.37. The number of hydrogen-bond donors (Lipinski definition) is 0. The number of alkyl halides is 3. The number of para-hydroxylation sites is 1. The number of hydrogen-bond acceptors (Lipinski definition) is 5. The summed E-state index contributed by atoms with van der Waals surface area (Å²) in [7, 11) is 1.41. The zero-order chi connectivity index (χ0) is 29.6. The van der Waals surface area contributed by atoms with Gasteiger partial charge in [-0.05, 0) is 67.2 Å². The lowest BCUT2D eigenvalue weighted by Crippen LogP contribution is -2.17. The fourth-order valence-corrected chi connectivity index (χ4v) is 5.59. The summed E-state index contributed by atoms with van der Waals surface area (Å²) in [5.41, 5.74) is 0.475. The summed E-state index contributed by atoms with van der Waals surface area (Å²) in [6.45, 7) is 0. The minimum atomic E-state index is -4.82. The van der Waals surface area contributed by atoms with Crippen LogP contribution in [0.2, 0.25) is 5.02 Å². The van der Waals surface area contributed by atoms with Crippen molar-refractivity contribution in [3.63, 3.8) is 0 Å². The van der Waals surface area contributed by atoms with E-state index < -0.39 is 23.2 Å². The molecule has 0 spiro atoms. The number of nitrogens with zero attached hydrogens (tertiary/aromatic N) is 2. The second kappa shape index (κ2) is 13.5. The largest absolute Gasteiger partial charge is 0.469 e. The zero-order valence-electron chi connectivity index (χ0n) is 22.8. The molecule has 0 aliphatic heterocycles. The van der Waals surface area contributed by atoms with Gasteiger partial charge >= 0.3 is 12.1 Å². The number of carbonyl (C=O) groups is 3. The molecule has 2 aromatic carbocycles. The van der Waals surface area contributed by atoms with E-state index in [4.69, 9.17) is 16.3 Å². The fraction of sp³-hybridized carbons (Fsp3) is 0.419. The number of ketones is 2. The number of aromatic nitrogens is 2. The van der Waals surface area contributed by atoms with Crippen molar-refractivity contribution in [2.45, 2.75) is 69.9 Å². The van der Waals surface area contributed by atoms with Gasteiger partial charge in [-0.25, -0.2) is 4.68 Å². The molecule has 1 heterocycles. The van der Waals surface area contributed by atoms with E-state index in [1.165, 1.54) is 24.8 Å².